The van der Waals surface area contributed by atoms with Crippen molar-refractivity contribution < 1.29 is 23.4 Å². The van der Waals surface area contributed by atoms with Crippen LogP contribution < -0.4 is 10.4 Å². The highest BCUT2D eigenvalue weighted by Crippen LogP contribution is 2.37. The van der Waals surface area contributed by atoms with Crippen LogP contribution in [0, 0.1) is 0 Å². The predicted octanol–water partition coefficient (Wildman–Crippen LogP) is 6.55. The van der Waals surface area contributed by atoms with E-state index in [1.165, 1.54) is 16.4 Å². The van der Waals surface area contributed by atoms with Crippen LogP contribution in [0.1, 0.15) is 47.0 Å². The van der Waals surface area contributed by atoms with Gasteiger partial charge in [-0.25, -0.2) is 4.79 Å². The number of ether oxygens (including phenoxy) is 3. The molecule has 0 fully saturated rings. The molecule has 2 rings (SSSR count). The molecular weight excluding hydrogens is 521 g/mol. The maximum absolute atomic E-state index is 11.6. The molecule has 0 saturated carbocycles. The lowest BCUT2D eigenvalue weighted by molar-refractivity contribution is -0.137. The molecule has 0 aliphatic heterocycles. The van der Waals surface area contributed by atoms with Crippen molar-refractivity contribution in [2.45, 2.75) is 83.8 Å². The number of esters is 1. The SMILES string of the molecule is CCOC(=O)C=CCCC[C@H](CO[Si](c1ccccc1)(c1ccccc1)C(C)(C)C)OCOCC[Si](C)(C)C. The number of hydrogen-bond donors (Lipinski definition) is 0. The number of benzene rings is 2. The van der Waals surface area contributed by atoms with Crippen LogP contribution in [-0.4, -0.2) is 55.1 Å². The first-order valence-electron chi connectivity index (χ1n) is 14.3. The van der Waals surface area contributed by atoms with E-state index in [0.717, 1.165) is 31.9 Å². The van der Waals surface area contributed by atoms with Gasteiger partial charge in [0, 0.05) is 20.8 Å². The monoisotopic (exact) mass is 570 g/mol. The van der Waals surface area contributed by atoms with E-state index in [1.807, 2.05) is 13.0 Å². The van der Waals surface area contributed by atoms with Gasteiger partial charge in [0.15, 0.2) is 0 Å². The average molecular weight is 571 g/mol. The van der Waals surface area contributed by atoms with Gasteiger partial charge in [-0.1, -0.05) is 107 Å². The number of carbonyl (C=O) groups excluding carboxylic acids is 1. The number of allylic oxidation sites excluding steroid dienone is 1. The van der Waals surface area contributed by atoms with Crippen LogP contribution in [0.5, 0.6) is 0 Å². The van der Waals surface area contributed by atoms with Gasteiger partial charge in [0.2, 0.25) is 0 Å². The summed E-state index contributed by atoms with van der Waals surface area (Å²) in [7, 11) is -3.82. The number of hydrogen-bond acceptors (Lipinski definition) is 5. The van der Waals surface area contributed by atoms with Gasteiger partial charge in [-0.15, -0.1) is 0 Å². The van der Waals surface area contributed by atoms with Gasteiger partial charge in [0.05, 0.1) is 19.3 Å². The first-order chi connectivity index (χ1) is 18.5. The summed E-state index contributed by atoms with van der Waals surface area (Å²) in [6.45, 7) is 17.6. The third-order valence-electron chi connectivity index (χ3n) is 6.72. The van der Waals surface area contributed by atoms with Gasteiger partial charge >= 0.3 is 5.97 Å². The summed E-state index contributed by atoms with van der Waals surface area (Å²) in [4.78, 5) is 11.6. The van der Waals surface area contributed by atoms with E-state index < -0.39 is 16.4 Å². The second kappa shape index (κ2) is 16.3. The van der Waals surface area contributed by atoms with E-state index in [4.69, 9.17) is 18.6 Å². The van der Waals surface area contributed by atoms with Crippen molar-refractivity contribution in [3.63, 3.8) is 0 Å². The van der Waals surface area contributed by atoms with Crippen LogP contribution in [0.15, 0.2) is 72.8 Å². The Morgan fingerprint density at radius 2 is 1.54 bits per heavy atom. The molecule has 0 bridgehead atoms. The minimum Gasteiger partial charge on any atom is -0.463 e. The minimum absolute atomic E-state index is 0.101. The zero-order valence-corrected chi connectivity index (χ0v) is 27.2. The van der Waals surface area contributed by atoms with Crippen LogP contribution in [-0.2, 0) is 23.4 Å². The Kier molecular flexibility index (Phi) is 13.8. The molecule has 5 nitrogen and oxygen atoms in total. The second-order valence-corrected chi connectivity index (χ2v) is 22.1. The Balaban J connectivity index is 2.20. The Morgan fingerprint density at radius 1 is 0.949 bits per heavy atom. The van der Waals surface area contributed by atoms with Crippen molar-refractivity contribution in [1.82, 2.24) is 0 Å². The lowest BCUT2D eigenvalue weighted by Gasteiger charge is -2.43. The quantitative estimate of drug-likeness (QED) is 0.0710. The molecular formula is C32H50O5Si2. The predicted molar refractivity (Wildman–Crippen MR) is 167 cm³/mol. The summed E-state index contributed by atoms with van der Waals surface area (Å²) in [5, 5.41) is 2.41. The molecule has 7 heteroatoms. The van der Waals surface area contributed by atoms with Crippen molar-refractivity contribution in [2.24, 2.45) is 0 Å². The average Bonchev–Trinajstić information content (AvgIpc) is 2.88. The molecule has 0 aliphatic rings. The van der Waals surface area contributed by atoms with Crippen LogP contribution >= 0.6 is 0 Å². The molecule has 0 aromatic heterocycles. The first kappa shape index (κ1) is 33.2. The van der Waals surface area contributed by atoms with Gasteiger partial charge < -0.3 is 18.6 Å². The van der Waals surface area contributed by atoms with E-state index in [-0.39, 0.29) is 23.9 Å². The summed E-state index contributed by atoms with van der Waals surface area (Å²) in [6, 6.07) is 22.5. The summed E-state index contributed by atoms with van der Waals surface area (Å²) < 4.78 is 24.3. The third kappa shape index (κ3) is 11.2. The molecule has 1 atom stereocenters. The number of carbonyl (C=O) groups is 1. The van der Waals surface area contributed by atoms with Crippen LogP contribution in [0.3, 0.4) is 0 Å². The van der Waals surface area contributed by atoms with E-state index in [0.29, 0.717) is 13.2 Å². The number of unbranched alkanes of at least 4 members (excludes halogenated alkanes) is 1. The molecule has 2 aromatic carbocycles. The van der Waals surface area contributed by atoms with Gasteiger partial charge in [-0.05, 0) is 47.6 Å². The maximum Gasteiger partial charge on any atom is 0.330 e. The molecule has 0 N–H and O–H groups in total. The molecule has 216 valence electrons. The Morgan fingerprint density at radius 3 is 2.05 bits per heavy atom. The zero-order valence-electron chi connectivity index (χ0n) is 25.2. The van der Waals surface area contributed by atoms with Crippen LogP contribution in [0.2, 0.25) is 30.7 Å². The lowest BCUT2D eigenvalue weighted by Crippen LogP contribution is -2.67. The standard InChI is InChI=1S/C32H50O5Si2/c1-8-35-31(33)23-17-9-12-18-28(36-27-34-24-25-38(5,6)7)26-37-39(32(2,3)4,29-19-13-10-14-20-29)30-21-15-11-16-22-30/h10-11,13-17,19-23,28H,8-9,12,18,24-27H2,1-7H3/t28-/m1/s1. The Labute approximate surface area is 239 Å². The van der Waals surface area contributed by atoms with Gasteiger partial charge in [-0.2, -0.15) is 0 Å². The molecule has 2 aromatic rings. The Hall–Kier alpha value is -2.04. The fraction of sp³-hybridized carbons (Fsp3) is 0.531. The fourth-order valence-corrected chi connectivity index (χ4v) is 9.96. The minimum atomic E-state index is -2.66. The molecule has 0 saturated heterocycles. The summed E-state index contributed by atoms with van der Waals surface area (Å²) in [6.07, 6.45) is 5.73. The first-order valence-corrected chi connectivity index (χ1v) is 19.9. The van der Waals surface area contributed by atoms with Gasteiger partial charge in [-0.3, -0.25) is 0 Å². The topological polar surface area (TPSA) is 54.0 Å². The molecule has 0 spiro atoms. The highest BCUT2D eigenvalue weighted by Gasteiger charge is 2.50. The van der Waals surface area contributed by atoms with Crippen LogP contribution in [0.25, 0.3) is 0 Å². The largest absolute Gasteiger partial charge is 0.463 e. The highest BCUT2D eigenvalue weighted by atomic mass is 28.4. The fourth-order valence-electron chi connectivity index (χ4n) is 4.61. The van der Waals surface area contributed by atoms with Crippen molar-refractivity contribution in [3.05, 3.63) is 72.8 Å². The van der Waals surface area contributed by atoms with Crippen molar-refractivity contribution >= 4 is 32.7 Å². The van der Waals surface area contributed by atoms with E-state index in [1.54, 1.807) is 0 Å². The highest BCUT2D eigenvalue weighted by molar-refractivity contribution is 6.99. The van der Waals surface area contributed by atoms with Gasteiger partial charge in [0.1, 0.15) is 6.79 Å². The zero-order chi connectivity index (χ0) is 28.8. The van der Waals surface area contributed by atoms with Crippen molar-refractivity contribution in [3.8, 4) is 0 Å². The molecule has 0 amide bonds. The van der Waals surface area contributed by atoms with Crippen molar-refractivity contribution in [2.75, 3.05) is 26.6 Å². The van der Waals surface area contributed by atoms with E-state index in [9.17, 15) is 4.79 Å². The van der Waals surface area contributed by atoms with Crippen LogP contribution in [0.4, 0.5) is 0 Å². The molecule has 0 radical (unpaired) electrons. The van der Waals surface area contributed by atoms with Gasteiger partial charge in [0.25, 0.3) is 8.32 Å². The summed E-state index contributed by atoms with van der Waals surface area (Å²) >= 11 is 0. The summed E-state index contributed by atoms with van der Waals surface area (Å²) in [5.41, 5.74) is 0. The van der Waals surface area contributed by atoms with E-state index in [2.05, 4.69) is 101 Å². The van der Waals surface area contributed by atoms with E-state index >= 15 is 0 Å². The second-order valence-electron chi connectivity index (χ2n) is 12.2. The lowest BCUT2D eigenvalue weighted by atomic mass is 10.1. The molecule has 0 aliphatic carbocycles. The smallest absolute Gasteiger partial charge is 0.330 e. The Bertz CT molecular complexity index is 942. The third-order valence-corrected chi connectivity index (χ3v) is 13.4. The number of rotatable bonds is 17. The molecule has 0 unspecified atom stereocenters. The summed E-state index contributed by atoms with van der Waals surface area (Å²) in [5.74, 6) is -0.295. The molecule has 39 heavy (non-hydrogen) atoms. The molecule has 0 heterocycles. The van der Waals surface area contributed by atoms with Crippen molar-refractivity contribution in [1.29, 1.82) is 0 Å². The normalized spacial score (nSPS) is 13.5. The maximum atomic E-state index is 11.6.